The molecule has 0 saturated heterocycles. The Labute approximate surface area is 122 Å². The van der Waals surface area contributed by atoms with Crippen LogP contribution in [0.5, 0.6) is 5.75 Å². The lowest BCUT2D eigenvalue weighted by Gasteiger charge is -2.25. The maximum atomic E-state index is 13.5. The lowest BCUT2D eigenvalue weighted by Crippen LogP contribution is -2.12. The van der Waals surface area contributed by atoms with Crippen LogP contribution in [-0.2, 0) is 0 Å². The van der Waals surface area contributed by atoms with Crippen molar-refractivity contribution in [1.29, 1.82) is 0 Å². The van der Waals surface area contributed by atoms with E-state index >= 15 is 0 Å². The van der Waals surface area contributed by atoms with Crippen molar-refractivity contribution in [3.63, 3.8) is 0 Å². The molecule has 1 saturated carbocycles. The van der Waals surface area contributed by atoms with E-state index in [1.807, 2.05) is 0 Å². The highest BCUT2D eigenvalue weighted by molar-refractivity contribution is 9.10. The Bertz CT molecular complexity index is 430. The van der Waals surface area contributed by atoms with Gasteiger partial charge in [0.2, 0.25) is 0 Å². The predicted molar refractivity (Wildman–Crippen MR) is 76.8 cm³/mol. The summed E-state index contributed by atoms with van der Waals surface area (Å²) in [6.45, 7) is 0. The Kier molecular flexibility index (Phi) is 5.22. The molecule has 1 fully saturated rings. The second kappa shape index (κ2) is 6.71. The molecule has 1 aromatic carbocycles. The quantitative estimate of drug-likeness (QED) is 0.874. The first kappa shape index (κ1) is 14.8. The number of rotatable bonds is 4. The van der Waals surface area contributed by atoms with Crippen molar-refractivity contribution in [2.24, 2.45) is 5.92 Å². The second-order valence-corrected chi connectivity index (χ2v) is 6.12. The van der Waals surface area contributed by atoms with Crippen molar-refractivity contribution >= 4 is 15.9 Å². The van der Waals surface area contributed by atoms with Crippen molar-refractivity contribution in [2.45, 2.75) is 44.6 Å². The van der Waals surface area contributed by atoms with Gasteiger partial charge in [-0.3, -0.25) is 0 Å². The molecule has 0 spiro atoms. The van der Waals surface area contributed by atoms with Crippen molar-refractivity contribution in [3.05, 3.63) is 28.0 Å². The number of halogens is 2. The SMILES string of the molecule is COc1cc(F)c(Br)cc1C(O)CC1CCCCC1. The first-order valence-electron chi connectivity index (χ1n) is 6.82. The van der Waals surface area contributed by atoms with Gasteiger partial charge in [0.05, 0.1) is 17.7 Å². The molecule has 1 atom stereocenters. The van der Waals surface area contributed by atoms with E-state index in [4.69, 9.17) is 4.74 Å². The zero-order valence-corrected chi connectivity index (χ0v) is 12.7. The molecular formula is C15H20BrFO2. The summed E-state index contributed by atoms with van der Waals surface area (Å²) in [5.74, 6) is 0.617. The lowest BCUT2D eigenvalue weighted by atomic mass is 9.84. The van der Waals surface area contributed by atoms with Crippen LogP contribution in [0.25, 0.3) is 0 Å². The van der Waals surface area contributed by atoms with Gasteiger partial charge in [-0.1, -0.05) is 32.1 Å². The zero-order valence-electron chi connectivity index (χ0n) is 11.2. The van der Waals surface area contributed by atoms with E-state index in [-0.39, 0.29) is 5.82 Å². The van der Waals surface area contributed by atoms with Crippen LogP contribution in [0.4, 0.5) is 4.39 Å². The Morgan fingerprint density at radius 3 is 2.68 bits per heavy atom. The van der Waals surface area contributed by atoms with Crippen LogP contribution in [-0.4, -0.2) is 12.2 Å². The van der Waals surface area contributed by atoms with Crippen LogP contribution < -0.4 is 4.74 Å². The summed E-state index contributed by atoms with van der Waals surface area (Å²) in [7, 11) is 1.50. The Balaban J connectivity index is 2.13. The standard InChI is InChI=1S/C15H20BrFO2/c1-19-15-9-13(17)12(16)8-11(15)14(18)7-10-5-3-2-4-6-10/h8-10,14,18H,2-7H2,1H3. The molecular weight excluding hydrogens is 311 g/mol. The molecule has 4 heteroatoms. The van der Waals surface area contributed by atoms with E-state index in [1.165, 1.54) is 45.3 Å². The van der Waals surface area contributed by atoms with Gasteiger partial charge in [0.15, 0.2) is 0 Å². The molecule has 1 N–H and O–H groups in total. The van der Waals surface area contributed by atoms with Crippen molar-refractivity contribution in [3.8, 4) is 5.75 Å². The average Bonchev–Trinajstić information content (AvgIpc) is 2.42. The highest BCUT2D eigenvalue weighted by Gasteiger charge is 2.22. The Hall–Kier alpha value is -0.610. The van der Waals surface area contributed by atoms with E-state index in [9.17, 15) is 9.50 Å². The number of aliphatic hydroxyl groups is 1. The van der Waals surface area contributed by atoms with Crippen LogP contribution in [0, 0.1) is 11.7 Å². The van der Waals surface area contributed by atoms with Crippen LogP contribution in [0.1, 0.15) is 50.2 Å². The smallest absolute Gasteiger partial charge is 0.141 e. The van der Waals surface area contributed by atoms with Gasteiger partial charge >= 0.3 is 0 Å². The summed E-state index contributed by atoms with van der Waals surface area (Å²) < 4.78 is 19.0. The second-order valence-electron chi connectivity index (χ2n) is 5.26. The average molecular weight is 331 g/mol. The fourth-order valence-electron chi connectivity index (χ4n) is 2.85. The summed E-state index contributed by atoms with van der Waals surface area (Å²) in [4.78, 5) is 0. The molecule has 2 nitrogen and oxygen atoms in total. The van der Waals surface area contributed by atoms with E-state index < -0.39 is 6.10 Å². The minimum atomic E-state index is -0.588. The molecule has 0 heterocycles. The number of benzene rings is 1. The molecule has 0 radical (unpaired) electrons. The summed E-state index contributed by atoms with van der Waals surface area (Å²) in [6, 6.07) is 2.95. The van der Waals surface area contributed by atoms with Gasteiger partial charge in [-0.05, 0) is 34.3 Å². The summed E-state index contributed by atoms with van der Waals surface area (Å²) in [5.41, 5.74) is 0.668. The number of hydrogen-bond acceptors (Lipinski definition) is 2. The largest absolute Gasteiger partial charge is 0.496 e. The fraction of sp³-hybridized carbons (Fsp3) is 0.600. The van der Waals surface area contributed by atoms with Crippen molar-refractivity contribution in [2.75, 3.05) is 7.11 Å². The molecule has 0 aliphatic heterocycles. The number of ether oxygens (including phenoxy) is 1. The highest BCUT2D eigenvalue weighted by Crippen LogP contribution is 2.36. The molecule has 0 bridgehead atoms. The van der Waals surface area contributed by atoms with Gasteiger partial charge in [-0.25, -0.2) is 4.39 Å². The van der Waals surface area contributed by atoms with Gasteiger partial charge in [0.25, 0.3) is 0 Å². The van der Waals surface area contributed by atoms with E-state index in [1.54, 1.807) is 6.07 Å². The fourth-order valence-corrected chi connectivity index (χ4v) is 3.21. The third-order valence-corrected chi connectivity index (χ3v) is 4.52. The Morgan fingerprint density at radius 1 is 1.37 bits per heavy atom. The molecule has 1 aliphatic carbocycles. The maximum Gasteiger partial charge on any atom is 0.141 e. The number of aliphatic hydroxyl groups excluding tert-OH is 1. The van der Waals surface area contributed by atoms with Crippen molar-refractivity contribution in [1.82, 2.24) is 0 Å². The van der Waals surface area contributed by atoms with Gasteiger partial charge in [-0.2, -0.15) is 0 Å². The van der Waals surface area contributed by atoms with Gasteiger partial charge in [-0.15, -0.1) is 0 Å². The predicted octanol–water partition coefficient (Wildman–Crippen LogP) is 4.60. The zero-order chi connectivity index (χ0) is 13.8. The highest BCUT2D eigenvalue weighted by atomic mass is 79.9. The van der Waals surface area contributed by atoms with E-state index in [2.05, 4.69) is 15.9 Å². The van der Waals surface area contributed by atoms with Crippen molar-refractivity contribution < 1.29 is 14.2 Å². The summed E-state index contributed by atoms with van der Waals surface area (Å²) in [6.07, 6.45) is 6.31. The Morgan fingerprint density at radius 2 is 2.05 bits per heavy atom. The van der Waals surface area contributed by atoms with Crippen LogP contribution >= 0.6 is 15.9 Å². The minimum Gasteiger partial charge on any atom is -0.496 e. The lowest BCUT2D eigenvalue weighted by molar-refractivity contribution is 0.128. The molecule has 2 rings (SSSR count). The number of methoxy groups -OCH3 is 1. The summed E-state index contributed by atoms with van der Waals surface area (Å²) >= 11 is 3.16. The molecule has 0 aromatic heterocycles. The van der Waals surface area contributed by atoms with Crippen LogP contribution in [0.15, 0.2) is 16.6 Å². The molecule has 1 aromatic rings. The monoisotopic (exact) mass is 330 g/mol. The molecule has 0 amide bonds. The van der Waals surface area contributed by atoms with Crippen LogP contribution in [0.3, 0.4) is 0 Å². The minimum absolute atomic E-state index is 0.367. The third-order valence-electron chi connectivity index (χ3n) is 3.91. The topological polar surface area (TPSA) is 29.5 Å². The van der Waals surface area contributed by atoms with Gasteiger partial charge in [0.1, 0.15) is 11.6 Å². The normalized spacial score (nSPS) is 18.3. The van der Waals surface area contributed by atoms with Gasteiger partial charge < -0.3 is 9.84 Å². The third kappa shape index (κ3) is 3.69. The summed E-state index contributed by atoms with van der Waals surface area (Å²) in [5, 5.41) is 10.4. The first-order valence-corrected chi connectivity index (χ1v) is 7.62. The molecule has 106 valence electrons. The van der Waals surface area contributed by atoms with Gasteiger partial charge in [0, 0.05) is 11.6 Å². The molecule has 19 heavy (non-hydrogen) atoms. The van der Waals surface area contributed by atoms with E-state index in [0.29, 0.717) is 21.7 Å². The van der Waals surface area contributed by atoms with E-state index in [0.717, 1.165) is 6.42 Å². The maximum absolute atomic E-state index is 13.5. The molecule has 1 aliphatic rings. The number of hydrogen-bond donors (Lipinski definition) is 1. The first-order chi connectivity index (χ1) is 9.11. The van der Waals surface area contributed by atoms with Crippen LogP contribution in [0.2, 0.25) is 0 Å². The molecule has 1 unspecified atom stereocenters.